The first-order chi connectivity index (χ1) is 16.4. The zero-order valence-electron chi connectivity index (χ0n) is 19.2. The SMILES string of the molecule is CC(=O)N1c2ccc(-c3ccc(CC4CC4)nc3)cc2N(C(=O)Oc2cccc(F)c2)C[C@@H]1C. The van der Waals surface area contributed by atoms with Crippen LogP contribution in [-0.2, 0) is 11.2 Å². The van der Waals surface area contributed by atoms with Crippen molar-refractivity contribution in [1.29, 1.82) is 0 Å². The van der Waals surface area contributed by atoms with Gasteiger partial charge in [0.1, 0.15) is 11.6 Å². The highest BCUT2D eigenvalue weighted by Gasteiger charge is 2.35. The Bertz CT molecular complexity index is 1240. The van der Waals surface area contributed by atoms with Crippen LogP contribution < -0.4 is 14.5 Å². The molecule has 3 aromatic rings. The molecule has 0 radical (unpaired) electrons. The molecule has 0 N–H and O–H groups in total. The number of nitrogens with zero attached hydrogens (tertiary/aromatic N) is 3. The molecule has 1 fully saturated rings. The highest BCUT2D eigenvalue weighted by Crippen LogP contribution is 2.39. The Morgan fingerprint density at radius 1 is 1.06 bits per heavy atom. The number of carbonyl (C=O) groups excluding carboxylic acids is 2. The van der Waals surface area contributed by atoms with Gasteiger partial charge >= 0.3 is 6.09 Å². The molecule has 0 bridgehead atoms. The van der Waals surface area contributed by atoms with E-state index in [9.17, 15) is 14.0 Å². The summed E-state index contributed by atoms with van der Waals surface area (Å²) >= 11 is 0. The van der Waals surface area contributed by atoms with Crippen LogP contribution >= 0.6 is 0 Å². The third-order valence-electron chi connectivity index (χ3n) is 6.33. The largest absolute Gasteiger partial charge is 0.419 e. The fourth-order valence-electron chi connectivity index (χ4n) is 4.48. The van der Waals surface area contributed by atoms with E-state index in [0.29, 0.717) is 11.4 Å². The number of benzene rings is 2. The Morgan fingerprint density at radius 3 is 2.53 bits per heavy atom. The topological polar surface area (TPSA) is 62.7 Å². The first kappa shape index (κ1) is 22.1. The Morgan fingerprint density at radius 2 is 1.85 bits per heavy atom. The summed E-state index contributed by atoms with van der Waals surface area (Å²) in [5, 5.41) is 0. The van der Waals surface area contributed by atoms with Crippen molar-refractivity contribution < 1.29 is 18.7 Å². The number of pyridine rings is 1. The van der Waals surface area contributed by atoms with Gasteiger partial charge in [-0.1, -0.05) is 18.2 Å². The van der Waals surface area contributed by atoms with Crippen molar-refractivity contribution in [3.63, 3.8) is 0 Å². The highest BCUT2D eigenvalue weighted by atomic mass is 19.1. The van der Waals surface area contributed by atoms with Crippen LogP contribution in [0.3, 0.4) is 0 Å². The Labute approximate surface area is 198 Å². The first-order valence-electron chi connectivity index (χ1n) is 11.5. The Hall–Kier alpha value is -3.74. The summed E-state index contributed by atoms with van der Waals surface area (Å²) in [7, 11) is 0. The van der Waals surface area contributed by atoms with Crippen molar-refractivity contribution in [3.05, 3.63) is 72.3 Å². The second kappa shape index (κ2) is 8.89. The molecule has 2 aliphatic rings. The molecule has 2 amide bonds. The van der Waals surface area contributed by atoms with Gasteiger partial charge in [0.15, 0.2) is 0 Å². The minimum atomic E-state index is -0.628. The van der Waals surface area contributed by atoms with E-state index in [1.807, 2.05) is 43.5 Å². The number of hydrogen-bond donors (Lipinski definition) is 0. The summed E-state index contributed by atoms with van der Waals surface area (Å²) in [5.74, 6) is 0.297. The van der Waals surface area contributed by atoms with Gasteiger partial charge in [-0.3, -0.25) is 14.7 Å². The molecule has 7 heteroatoms. The van der Waals surface area contributed by atoms with E-state index >= 15 is 0 Å². The number of amides is 2. The standard InChI is InChI=1S/C27H26FN3O3/c1-17-16-30(27(33)34-24-5-3-4-22(28)14-24)26-13-20(9-11-25(26)31(17)18(2)32)21-8-10-23(29-15-21)12-19-6-7-19/h3-5,8-11,13-15,17,19H,6-7,12,16H2,1-2H3/t17-/m0/s1. The van der Waals surface area contributed by atoms with Gasteiger partial charge in [0.25, 0.3) is 0 Å². The van der Waals surface area contributed by atoms with Crippen LogP contribution in [0.4, 0.5) is 20.6 Å². The maximum Gasteiger partial charge on any atom is 0.419 e. The second-order valence-corrected chi connectivity index (χ2v) is 9.06. The lowest BCUT2D eigenvalue weighted by Gasteiger charge is -2.40. The first-order valence-corrected chi connectivity index (χ1v) is 11.5. The maximum absolute atomic E-state index is 13.6. The molecular formula is C27H26FN3O3. The summed E-state index contributed by atoms with van der Waals surface area (Å²) in [4.78, 5) is 33.3. The molecule has 1 atom stereocenters. The van der Waals surface area contributed by atoms with Crippen molar-refractivity contribution in [2.24, 2.45) is 5.92 Å². The van der Waals surface area contributed by atoms with Crippen molar-refractivity contribution in [3.8, 4) is 16.9 Å². The zero-order chi connectivity index (χ0) is 23.8. The third kappa shape index (κ3) is 4.51. The van der Waals surface area contributed by atoms with Crippen LogP contribution in [0.2, 0.25) is 0 Å². The van der Waals surface area contributed by atoms with E-state index in [0.717, 1.165) is 29.2 Å². The van der Waals surface area contributed by atoms with Crippen molar-refractivity contribution in [2.45, 2.75) is 39.2 Å². The molecule has 0 unspecified atom stereocenters. The molecule has 5 rings (SSSR count). The number of hydrogen-bond acceptors (Lipinski definition) is 4. The quantitative estimate of drug-likeness (QED) is 0.509. The number of rotatable bonds is 4. The third-order valence-corrected chi connectivity index (χ3v) is 6.33. The van der Waals surface area contributed by atoms with Gasteiger partial charge in [-0.15, -0.1) is 0 Å². The number of carbonyl (C=O) groups is 2. The smallest absolute Gasteiger partial charge is 0.410 e. The van der Waals surface area contributed by atoms with Crippen LogP contribution in [0.25, 0.3) is 11.1 Å². The van der Waals surface area contributed by atoms with E-state index in [1.54, 1.807) is 4.90 Å². The van der Waals surface area contributed by atoms with E-state index in [4.69, 9.17) is 4.74 Å². The average Bonchev–Trinajstić information content (AvgIpc) is 3.62. The van der Waals surface area contributed by atoms with E-state index < -0.39 is 11.9 Å². The number of ether oxygens (including phenoxy) is 1. The van der Waals surface area contributed by atoms with E-state index in [1.165, 1.54) is 48.9 Å². The molecule has 1 aliphatic heterocycles. The van der Waals surface area contributed by atoms with Gasteiger partial charge < -0.3 is 9.64 Å². The second-order valence-electron chi connectivity index (χ2n) is 9.06. The van der Waals surface area contributed by atoms with Crippen molar-refractivity contribution in [2.75, 3.05) is 16.3 Å². The van der Waals surface area contributed by atoms with Gasteiger partial charge in [-0.2, -0.15) is 0 Å². The number of fused-ring (bicyclic) bond motifs is 1. The predicted molar refractivity (Wildman–Crippen MR) is 128 cm³/mol. The van der Waals surface area contributed by atoms with Crippen LogP contribution in [0.15, 0.2) is 60.8 Å². The fraction of sp³-hybridized carbons (Fsp3) is 0.296. The fourth-order valence-corrected chi connectivity index (χ4v) is 4.48. The lowest BCUT2D eigenvalue weighted by molar-refractivity contribution is -0.117. The number of halogens is 1. The van der Waals surface area contributed by atoms with Gasteiger partial charge in [-0.25, -0.2) is 9.18 Å². The lowest BCUT2D eigenvalue weighted by Crippen LogP contribution is -2.52. The molecule has 1 aromatic heterocycles. The summed E-state index contributed by atoms with van der Waals surface area (Å²) in [6, 6.07) is 15.0. The molecule has 0 saturated heterocycles. The molecule has 6 nitrogen and oxygen atoms in total. The van der Waals surface area contributed by atoms with Crippen molar-refractivity contribution >= 4 is 23.4 Å². The van der Waals surface area contributed by atoms with Gasteiger partial charge in [0.05, 0.1) is 17.4 Å². The summed E-state index contributed by atoms with van der Waals surface area (Å²) in [5.41, 5.74) is 4.08. The molecule has 0 spiro atoms. The van der Waals surface area contributed by atoms with E-state index in [2.05, 4.69) is 4.98 Å². The summed E-state index contributed by atoms with van der Waals surface area (Å²) in [6.45, 7) is 3.64. The van der Waals surface area contributed by atoms with Crippen molar-refractivity contribution in [1.82, 2.24) is 4.98 Å². The average molecular weight is 460 g/mol. The Kier molecular flexibility index (Phi) is 5.77. The minimum absolute atomic E-state index is 0.106. The normalized spacial score (nSPS) is 17.3. The van der Waals surface area contributed by atoms with Gasteiger partial charge in [-0.05, 0) is 68.0 Å². The van der Waals surface area contributed by atoms with Gasteiger partial charge in [0, 0.05) is 37.0 Å². The van der Waals surface area contributed by atoms with Crippen LogP contribution in [0.1, 0.15) is 32.4 Å². The summed E-state index contributed by atoms with van der Waals surface area (Å²) in [6.07, 6.45) is 4.79. The molecular weight excluding hydrogens is 433 g/mol. The summed E-state index contributed by atoms with van der Waals surface area (Å²) < 4.78 is 19.1. The Balaban J connectivity index is 1.48. The molecule has 34 heavy (non-hydrogen) atoms. The van der Waals surface area contributed by atoms with Crippen LogP contribution in [0.5, 0.6) is 5.75 Å². The molecule has 174 valence electrons. The number of aromatic nitrogens is 1. The molecule has 2 aromatic carbocycles. The minimum Gasteiger partial charge on any atom is -0.410 e. The zero-order valence-corrected chi connectivity index (χ0v) is 19.2. The predicted octanol–water partition coefficient (Wildman–Crippen LogP) is 5.60. The molecule has 1 saturated carbocycles. The highest BCUT2D eigenvalue weighted by molar-refractivity contribution is 6.03. The lowest BCUT2D eigenvalue weighted by atomic mass is 10.0. The molecule has 1 aliphatic carbocycles. The maximum atomic E-state index is 13.6. The monoisotopic (exact) mass is 459 g/mol. The van der Waals surface area contributed by atoms with E-state index in [-0.39, 0.29) is 24.2 Å². The van der Waals surface area contributed by atoms with Crippen LogP contribution in [-0.4, -0.2) is 29.6 Å². The van der Waals surface area contributed by atoms with Crippen LogP contribution in [0, 0.1) is 11.7 Å². The van der Waals surface area contributed by atoms with Gasteiger partial charge in [0.2, 0.25) is 5.91 Å². The number of anilines is 2. The molecule has 2 heterocycles.